The van der Waals surface area contributed by atoms with Crippen LogP contribution in [0.1, 0.15) is 52.4 Å². The lowest BCUT2D eigenvalue weighted by molar-refractivity contribution is 0.178. The summed E-state index contributed by atoms with van der Waals surface area (Å²) in [4.78, 5) is 2.71. The summed E-state index contributed by atoms with van der Waals surface area (Å²) in [7, 11) is 0. The van der Waals surface area contributed by atoms with Crippen LogP contribution in [0.5, 0.6) is 0 Å². The fourth-order valence-corrected chi connectivity index (χ4v) is 3.55. The maximum absolute atomic E-state index is 3.59. The van der Waals surface area contributed by atoms with Crippen LogP contribution in [-0.2, 0) is 0 Å². The number of nitrogens with zero attached hydrogens (tertiary/aromatic N) is 1. The highest BCUT2D eigenvalue weighted by molar-refractivity contribution is 4.78. The molecule has 2 aliphatic rings. The zero-order valence-corrected chi connectivity index (χ0v) is 11.8. The highest BCUT2D eigenvalue weighted by Crippen LogP contribution is 2.31. The Kier molecular flexibility index (Phi) is 5.30. The van der Waals surface area contributed by atoms with Crippen molar-refractivity contribution in [3.63, 3.8) is 0 Å². The molecule has 0 bridgehead atoms. The molecular weight excluding hydrogens is 208 g/mol. The standard InChI is InChI=1S/C15H30N2/c1-3-14-5-7-15(8-6-14)12-17-10-4-9-16-13(2)11-17/h13-16H,3-12H2,1-2H3. The predicted molar refractivity (Wildman–Crippen MR) is 74.3 cm³/mol. The highest BCUT2D eigenvalue weighted by Gasteiger charge is 2.23. The van der Waals surface area contributed by atoms with Gasteiger partial charge in [-0.25, -0.2) is 0 Å². The first-order chi connectivity index (χ1) is 8.28. The van der Waals surface area contributed by atoms with Crippen molar-refractivity contribution in [2.75, 3.05) is 26.2 Å². The van der Waals surface area contributed by atoms with Crippen LogP contribution in [0.3, 0.4) is 0 Å². The molecule has 0 aromatic carbocycles. The van der Waals surface area contributed by atoms with E-state index in [0.717, 1.165) is 11.8 Å². The van der Waals surface area contributed by atoms with E-state index in [1.165, 1.54) is 64.7 Å². The summed E-state index contributed by atoms with van der Waals surface area (Å²) in [5.74, 6) is 2.03. The van der Waals surface area contributed by atoms with Gasteiger partial charge in [-0.1, -0.05) is 26.2 Å². The van der Waals surface area contributed by atoms with Gasteiger partial charge < -0.3 is 10.2 Å². The molecule has 1 saturated carbocycles. The Morgan fingerprint density at radius 3 is 2.53 bits per heavy atom. The summed E-state index contributed by atoms with van der Waals surface area (Å²) in [5, 5.41) is 3.59. The van der Waals surface area contributed by atoms with Crippen molar-refractivity contribution in [3.8, 4) is 0 Å². The molecule has 2 heteroatoms. The lowest BCUT2D eigenvalue weighted by atomic mass is 9.80. The van der Waals surface area contributed by atoms with Crippen molar-refractivity contribution in [2.24, 2.45) is 11.8 Å². The average molecular weight is 238 g/mol. The molecule has 100 valence electrons. The third-order valence-electron chi connectivity index (χ3n) is 4.74. The van der Waals surface area contributed by atoms with E-state index in [9.17, 15) is 0 Å². The highest BCUT2D eigenvalue weighted by atomic mass is 15.2. The topological polar surface area (TPSA) is 15.3 Å². The zero-order valence-electron chi connectivity index (χ0n) is 11.8. The molecule has 0 amide bonds. The van der Waals surface area contributed by atoms with Crippen LogP contribution in [0.25, 0.3) is 0 Å². The SMILES string of the molecule is CCC1CCC(CN2CCCNC(C)C2)CC1. The minimum absolute atomic E-state index is 0.685. The first-order valence-electron chi connectivity index (χ1n) is 7.73. The maximum Gasteiger partial charge on any atom is 0.0166 e. The molecule has 1 aliphatic carbocycles. The van der Waals surface area contributed by atoms with E-state index in [4.69, 9.17) is 0 Å². The Morgan fingerprint density at radius 1 is 1.12 bits per heavy atom. The van der Waals surface area contributed by atoms with E-state index in [1.807, 2.05) is 0 Å². The predicted octanol–water partition coefficient (Wildman–Crippen LogP) is 2.89. The second-order valence-corrected chi connectivity index (χ2v) is 6.26. The van der Waals surface area contributed by atoms with Gasteiger partial charge in [0, 0.05) is 19.1 Å². The third-order valence-corrected chi connectivity index (χ3v) is 4.74. The van der Waals surface area contributed by atoms with E-state index in [-0.39, 0.29) is 0 Å². The van der Waals surface area contributed by atoms with Gasteiger partial charge in [0.1, 0.15) is 0 Å². The van der Waals surface area contributed by atoms with Crippen LogP contribution in [0.15, 0.2) is 0 Å². The summed E-state index contributed by atoms with van der Waals surface area (Å²) in [6, 6.07) is 0.685. The van der Waals surface area contributed by atoms with Crippen molar-refractivity contribution in [1.82, 2.24) is 10.2 Å². The fourth-order valence-electron chi connectivity index (χ4n) is 3.55. The van der Waals surface area contributed by atoms with Gasteiger partial charge in [0.15, 0.2) is 0 Å². The normalized spacial score (nSPS) is 36.7. The van der Waals surface area contributed by atoms with E-state index in [1.54, 1.807) is 0 Å². The minimum Gasteiger partial charge on any atom is -0.313 e. The average Bonchev–Trinajstić information content (AvgIpc) is 2.55. The number of hydrogen-bond donors (Lipinski definition) is 1. The van der Waals surface area contributed by atoms with Crippen LogP contribution in [0.2, 0.25) is 0 Å². The number of nitrogens with one attached hydrogen (secondary N) is 1. The molecule has 2 rings (SSSR count). The van der Waals surface area contributed by atoms with Crippen molar-refractivity contribution in [2.45, 2.75) is 58.4 Å². The molecule has 2 nitrogen and oxygen atoms in total. The van der Waals surface area contributed by atoms with Gasteiger partial charge in [-0.3, -0.25) is 0 Å². The van der Waals surface area contributed by atoms with Gasteiger partial charge in [-0.2, -0.15) is 0 Å². The molecule has 1 N–H and O–H groups in total. The molecule has 1 unspecified atom stereocenters. The van der Waals surface area contributed by atoms with Gasteiger partial charge in [0.25, 0.3) is 0 Å². The smallest absolute Gasteiger partial charge is 0.0166 e. The molecule has 17 heavy (non-hydrogen) atoms. The van der Waals surface area contributed by atoms with Gasteiger partial charge in [-0.05, 0) is 51.1 Å². The molecule has 0 aromatic heterocycles. The van der Waals surface area contributed by atoms with E-state index in [0.29, 0.717) is 6.04 Å². The summed E-state index contributed by atoms with van der Waals surface area (Å²) < 4.78 is 0. The molecule has 1 aliphatic heterocycles. The Hall–Kier alpha value is -0.0800. The van der Waals surface area contributed by atoms with E-state index in [2.05, 4.69) is 24.1 Å². The maximum atomic E-state index is 3.59. The number of hydrogen-bond acceptors (Lipinski definition) is 2. The first-order valence-corrected chi connectivity index (χ1v) is 7.73. The lowest BCUT2D eigenvalue weighted by Gasteiger charge is -2.32. The van der Waals surface area contributed by atoms with E-state index < -0.39 is 0 Å². The Balaban J connectivity index is 1.73. The van der Waals surface area contributed by atoms with E-state index >= 15 is 0 Å². The van der Waals surface area contributed by atoms with Gasteiger partial charge in [0.05, 0.1) is 0 Å². The van der Waals surface area contributed by atoms with Gasteiger partial charge in [0.2, 0.25) is 0 Å². The Morgan fingerprint density at radius 2 is 1.82 bits per heavy atom. The van der Waals surface area contributed by atoms with Gasteiger partial charge >= 0.3 is 0 Å². The largest absolute Gasteiger partial charge is 0.313 e. The molecule has 1 saturated heterocycles. The molecule has 1 atom stereocenters. The van der Waals surface area contributed by atoms with Gasteiger partial charge in [-0.15, -0.1) is 0 Å². The van der Waals surface area contributed by atoms with Crippen molar-refractivity contribution < 1.29 is 0 Å². The second kappa shape index (κ2) is 6.75. The summed E-state index contributed by atoms with van der Waals surface area (Å²) in [6.45, 7) is 9.82. The monoisotopic (exact) mass is 238 g/mol. The molecule has 2 fully saturated rings. The van der Waals surface area contributed by atoms with Crippen LogP contribution in [-0.4, -0.2) is 37.1 Å². The molecular formula is C15H30N2. The minimum atomic E-state index is 0.685. The fraction of sp³-hybridized carbons (Fsp3) is 1.00. The summed E-state index contributed by atoms with van der Waals surface area (Å²) >= 11 is 0. The second-order valence-electron chi connectivity index (χ2n) is 6.26. The van der Waals surface area contributed by atoms with Crippen LogP contribution >= 0.6 is 0 Å². The zero-order chi connectivity index (χ0) is 12.1. The van der Waals surface area contributed by atoms with Crippen molar-refractivity contribution in [3.05, 3.63) is 0 Å². The van der Waals surface area contributed by atoms with Crippen molar-refractivity contribution in [1.29, 1.82) is 0 Å². The summed E-state index contributed by atoms with van der Waals surface area (Å²) in [5.41, 5.74) is 0. The molecule has 1 heterocycles. The summed E-state index contributed by atoms with van der Waals surface area (Å²) in [6.07, 6.45) is 8.67. The first kappa shape index (κ1) is 13.4. The van der Waals surface area contributed by atoms with Crippen LogP contribution < -0.4 is 5.32 Å². The van der Waals surface area contributed by atoms with Crippen LogP contribution in [0.4, 0.5) is 0 Å². The Labute approximate surface area is 107 Å². The van der Waals surface area contributed by atoms with Crippen molar-refractivity contribution >= 4 is 0 Å². The quantitative estimate of drug-likeness (QED) is 0.813. The third kappa shape index (κ3) is 4.26. The lowest BCUT2D eigenvalue weighted by Crippen LogP contribution is -2.38. The molecule has 0 spiro atoms. The Bertz CT molecular complexity index is 209. The number of rotatable bonds is 3. The molecule has 0 aromatic rings. The molecule has 0 radical (unpaired) electrons. The van der Waals surface area contributed by atoms with Crippen LogP contribution in [0, 0.1) is 11.8 Å².